The Labute approximate surface area is 114 Å². The maximum absolute atomic E-state index is 4.62. The van der Waals surface area contributed by atoms with Gasteiger partial charge in [-0.15, -0.1) is 11.3 Å². The van der Waals surface area contributed by atoms with Gasteiger partial charge in [-0.3, -0.25) is 4.99 Å². The fraction of sp³-hybridized carbons (Fsp3) is 0.692. The van der Waals surface area contributed by atoms with Crippen LogP contribution in [0, 0.1) is 0 Å². The van der Waals surface area contributed by atoms with Crippen LogP contribution in [0.25, 0.3) is 0 Å². The van der Waals surface area contributed by atoms with Crippen LogP contribution in [0.1, 0.15) is 30.5 Å². The summed E-state index contributed by atoms with van der Waals surface area (Å²) < 4.78 is 0. The predicted octanol–water partition coefficient (Wildman–Crippen LogP) is 2.29. The first-order chi connectivity index (χ1) is 8.41. The van der Waals surface area contributed by atoms with E-state index in [1.807, 2.05) is 38.0 Å². The van der Waals surface area contributed by atoms with Gasteiger partial charge in [0, 0.05) is 52.5 Å². The summed E-state index contributed by atoms with van der Waals surface area (Å²) in [6.07, 6.45) is 0.911. The number of hydrogen-bond donors (Lipinski definition) is 0. The van der Waals surface area contributed by atoms with Crippen LogP contribution in [0.2, 0.25) is 0 Å². The van der Waals surface area contributed by atoms with Crippen LogP contribution in [-0.4, -0.2) is 55.5 Å². The van der Waals surface area contributed by atoms with Gasteiger partial charge in [-0.1, -0.05) is 13.8 Å². The van der Waals surface area contributed by atoms with E-state index in [0.29, 0.717) is 5.92 Å². The normalized spacial score (nSPS) is 10.6. The Hall–Kier alpha value is -1.10. The van der Waals surface area contributed by atoms with Crippen molar-refractivity contribution < 1.29 is 0 Å². The zero-order valence-corrected chi connectivity index (χ0v) is 13.1. The fourth-order valence-electron chi connectivity index (χ4n) is 1.66. The number of hydrogen-bond acceptors (Lipinski definition) is 3. The minimum Gasteiger partial charge on any atom is -0.349 e. The van der Waals surface area contributed by atoms with Gasteiger partial charge in [0.25, 0.3) is 0 Å². The topological polar surface area (TPSA) is 31.7 Å². The molecule has 0 amide bonds. The van der Waals surface area contributed by atoms with E-state index in [4.69, 9.17) is 0 Å². The Balaban J connectivity index is 2.56. The summed E-state index contributed by atoms with van der Waals surface area (Å²) >= 11 is 1.75. The summed E-state index contributed by atoms with van der Waals surface area (Å²) in [5.74, 6) is 1.51. The Morgan fingerprint density at radius 3 is 2.33 bits per heavy atom. The molecule has 0 aliphatic carbocycles. The summed E-state index contributed by atoms with van der Waals surface area (Å²) in [4.78, 5) is 13.3. The molecule has 0 aliphatic heterocycles. The first kappa shape index (κ1) is 15.0. The minimum absolute atomic E-state index is 0.520. The molecule has 0 fully saturated rings. The average molecular weight is 268 g/mol. The Kier molecular flexibility index (Phi) is 5.59. The van der Waals surface area contributed by atoms with Gasteiger partial charge in [0.2, 0.25) is 0 Å². The summed E-state index contributed by atoms with van der Waals surface area (Å²) in [5, 5.41) is 3.37. The molecular formula is C13H24N4S. The van der Waals surface area contributed by atoms with Gasteiger partial charge >= 0.3 is 0 Å². The lowest BCUT2D eigenvalue weighted by molar-refractivity contribution is 0.479. The van der Waals surface area contributed by atoms with Crippen LogP contribution in [0.15, 0.2) is 10.4 Å². The van der Waals surface area contributed by atoms with Crippen LogP contribution >= 0.6 is 11.3 Å². The Morgan fingerprint density at radius 1 is 1.28 bits per heavy atom. The Morgan fingerprint density at radius 2 is 1.89 bits per heavy atom. The van der Waals surface area contributed by atoms with Gasteiger partial charge in [0.15, 0.2) is 5.96 Å². The lowest BCUT2D eigenvalue weighted by Crippen LogP contribution is -2.35. The number of rotatable bonds is 4. The summed E-state index contributed by atoms with van der Waals surface area (Å²) in [6, 6.07) is 0. The van der Waals surface area contributed by atoms with Crippen molar-refractivity contribution in [3.8, 4) is 0 Å². The van der Waals surface area contributed by atoms with E-state index in [9.17, 15) is 0 Å². The third-order valence-electron chi connectivity index (χ3n) is 2.48. The molecule has 0 saturated carbocycles. The molecule has 18 heavy (non-hydrogen) atoms. The summed E-state index contributed by atoms with van der Waals surface area (Å²) in [6.45, 7) is 5.14. The van der Waals surface area contributed by atoms with Crippen LogP contribution in [-0.2, 0) is 6.42 Å². The summed E-state index contributed by atoms with van der Waals surface area (Å²) in [7, 11) is 8.05. The largest absolute Gasteiger partial charge is 0.349 e. The number of nitrogens with zero attached hydrogens (tertiary/aromatic N) is 4. The van der Waals surface area contributed by atoms with E-state index in [1.165, 1.54) is 5.01 Å². The standard InChI is InChI=1S/C13H24N4S/c1-10(2)12-15-11(9-18-12)7-8-14-13(16(3)4)17(5)6/h9-10H,7-8H2,1-6H3. The zero-order valence-electron chi connectivity index (χ0n) is 12.3. The molecule has 1 rings (SSSR count). The average Bonchev–Trinajstić information content (AvgIpc) is 2.71. The number of aliphatic imine (C=N–C) groups is 1. The molecule has 1 heterocycles. The van der Waals surface area contributed by atoms with Crippen LogP contribution in [0.3, 0.4) is 0 Å². The molecular weight excluding hydrogens is 244 g/mol. The maximum Gasteiger partial charge on any atom is 0.195 e. The molecule has 102 valence electrons. The van der Waals surface area contributed by atoms with E-state index >= 15 is 0 Å². The molecule has 0 unspecified atom stereocenters. The van der Waals surface area contributed by atoms with Crippen molar-refractivity contribution in [1.29, 1.82) is 0 Å². The van der Waals surface area contributed by atoms with Crippen LogP contribution < -0.4 is 0 Å². The number of guanidine groups is 1. The molecule has 0 N–H and O–H groups in total. The first-order valence-electron chi connectivity index (χ1n) is 6.25. The van der Waals surface area contributed by atoms with Crippen molar-refractivity contribution in [2.75, 3.05) is 34.7 Å². The van der Waals surface area contributed by atoms with E-state index in [0.717, 1.165) is 24.6 Å². The zero-order chi connectivity index (χ0) is 13.7. The van der Waals surface area contributed by atoms with Crippen LogP contribution in [0.5, 0.6) is 0 Å². The van der Waals surface area contributed by atoms with Gasteiger partial charge in [0.05, 0.1) is 10.7 Å². The van der Waals surface area contributed by atoms with Crippen LogP contribution in [0.4, 0.5) is 0 Å². The highest BCUT2D eigenvalue weighted by molar-refractivity contribution is 7.09. The first-order valence-corrected chi connectivity index (χ1v) is 7.13. The van der Waals surface area contributed by atoms with E-state index in [2.05, 4.69) is 29.2 Å². The monoisotopic (exact) mass is 268 g/mol. The molecule has 0 bridgehead atoms. The third-order valence-corrected chi connectivity index (χ3v) is 3.68. The lowest BCUT2D eigenvalue weighted by atomic mass is 10.2. The highest BCUT2D eigenvalue weighted by Crippen LogP contribution is 2.19. The van der Waals surface area contributed by atoms with Gasteiger partial charge < -0.3 is 9.80 Å². The second kappa shape index (κ2) is 6.73. The smallest absolute Gasteiger partial charge is 0.195 e. The van der Waals surface area contributed by atoms with E-state index in [-0.39, 0.29) is 0 Å². The lowest BCUT2D eigenvalue weighted by Gasteiger charge is -2.22. The van der Waals surface area contributed by atoms with Crippen molar-refractivity contribution in [1.82, 2.24) is 14.8 Å². The number of aromatic nitrogens is 1. The molecule has 0 aromatic carbocycles. The predicted molar refractivity (Wildman–Crippen MR) is 79.6 cm³/mol. The fourth-order valence-corrected chi connectivity index (χ4v) is 2.53. The molecule has 0 aliphatic rings. The van der Waals surface area contributed by atoms with Gasteiger partial charge in [-0.05, 0) is 0 Å². The second-order valence-electron chi connectivity index (χ2n) is 5.05. The summed E-state index contributed by atoms with van der Waals surface area (Å²) in [5.41, 5.74) is 1.16. The van der Waals surface area contributed by atoms with Crippen molar-refractivity contribution >= 4 is 17.3 Å². The van der Waals surface area contributed by atoms with Crippen molar-refractivity contribution in [2.24, 2.45) is 4.99 Å². The highest BCUT2D eigenvalue weighted by atomic mass is 32.1. The minimum atomic E-state index is 0.520. The van der Waals surface area contributed by atoms with Gasteiger partial charge in [0.1, 0.15) is 0 Å². The van der Waals surface area contributed by atoms with E-state index in [1.54, 1.807) is 11.3 Å². The maximum atomic E-state index is 4.62. The van der Waals surface area contributed by atoms with E-state index < -0.39 is 0 Å². The Bertz CT molecular complexity index is 383. The molecule has 5 heteroatoms. The molecule has 1 aromatic heterocycles. The van der Waals surface area contributed by atoms with Crippen molar-refractivity contribution in [3.63, 3.8) is 0 Å². The molecule has 0 atom stereocenters. The molecule has 1 aromatic rings. The van der Waals surface area contributed by atoms with Crippen molar-refractivity contribution in [2.45, 2.75) is 26.2 Å². The van der Waals surface area contributed by atoms with Gasteiger partial charge in [-0.2, -0.15) is 0 Å². The van der Waals surface area contributed by atoms with Gasteiger partial charge in [-0.25, -0.2) is 4.98 Å². The number of thiazole rings is 1. The second-order valence-corrected chi connectivity index (χ2v) is 5.94. The molecule has 0 spiro atoms. The quantitative estimate of drug-likeness (QED) is 0.620. The van der Waals surface area contributed by atoms with Crippen molar-refractivity contribution in [3.05, 3.63) is 16.1 Å². The molecule has 4 nitrogen and oxygen atoms in total. The highest BCUT2D eigenvalue weighted by Gasteiger charge is 2.06. The third kappa shape index (κ3) is 4.29. The SMILES string of the molecule is CC(C)c1nc(CCN=C(N(C)C)N(C)C)cs1. The molecule has 0 radical (unpaired) electrons. The molecule has 0 saturated heterocycles.